The Balaban J connectivity index is 1.57. The second kappa shape index (κ2) is 8.94. The topological polar surface area (TPSA) is 111 Å². The Morgan fingerprint density at radius 2 is 1.97 bits per heavy atom. The van der Waals surface area contributed by atoms with Gasteiger partial charge in [-0.3, -0.25) is 9.36 Å². The maximum Gasteiger partial charge on any atom is 0.256 e. The number of imidazole rings is 1. The van der Waals surface area contributed by atoms with E-state index in [1.807, 2.05) is 10.6 Å². The van der Waals surface area contributed by atoms with E-state index in [1.165, 1.54) is 6.33 Å². The molecule has 1 aliphatic rings. The summed E-state index contributed by atoms with van der Waals surface area (Å²) in [6.45, 7) is 10.8. The summed E-state index contributed by atoms with van der Waals surface area (Å²) >= 11 is 0. The summed E-state index contributed by atoms with van der Waals surface area (Å²) in [6.07, 6.45) is 2.54. The van der Waals surface area contributed by atoms with Gasteiger partial charge in [0.15, 0.2) is 25.3 Å². The van der Waals surface area contributed by atoms with Crippen LogP contribution >= 0.6 is 0 Å². The lowest BCUT2D eigenvalue weighted by molar-refractivity contribution is -0.0410. The fourth-order valence-corrected chi connectivity index (χ4v) is 5.00. The van der Waals surface area contributed by atoms with Crippen LogP contribution < -0.4 is 5.32 Å². The number of aromatic nitrogens is 4. The zero-order valence-electron chi connectivity index (χ0n) is 19.6. The first-order chi connectivity index (χ1) is 15.6. The molecule has 0 saturated carbocycles. The van der Waals surface area contributed by atoms with Gasteiger partial charge >= 0.3 is 0 Å². The van der Waals surface area contributed by atoms with Gasteiger partial charge in [0, 0.05) is 12.0 Å². The van der Waals surface area contributed by atoms with Crippen LogP contribution in [0.3, 0.4) is 0 Å². The molecule has 0 radical (unpaired) electrons. The molecule has 176 valence electrons. The van der Waals surface area contributed by atoms with Gasteiger partial charge in [-0.25, -0.2) is 15.0 Å². The van der Waals surface area contributed by atoms with Crippen LogP contribution in [0.15, 0.2) is 43.0 Å². The highest BCUT2D eigenvalue weighted by Gasteiger charge is 2.45. The number of hydrogen-bond acceptors (Lipinski definition) is 7. The van der Waals surface area contributed by atoms with Gasteiger partial charge in [-0.15, -0.1) is 0 Å². The summed E-state index contributed by atoms with van der Waals surface area (Å²) in [4.78, 5) is 25.6. The first-order valence-corrected chi connectivity index (χ1v) is 14.0. The smallest absolute Gasteiger partial charge is 0.256 e. The molecule has 1 aromatic carbocycles. The predicted octanol–water partition coefficient (Wildman–Crippen LogP) is 3.75. The number of carbonyl (C=O) groups is 1. The lowest BCUT2D eigenvalue weighted by Crippen LogP contribution is -2.46. The standard InChI is InChI=1S/C23H31N5O4Si/c1-23(2,3)33(4,5)32-16-11-18(31-17(16)12-29)28-14-26-19-20(24-13-25-21(19)28)27-22(30)15-9-7-6-8-10-15/h6-10,13-14,16-18,29H,11-12H2,1-5H3,(H,24,25,27,30)/t16?,17-,18-/m1/s1. The molecule has 1 aliphatic heterocycles. The molecule has 2 aromatic heterocycles. The number of carbonyl (C=O) groups excluding carboxylic acids is 1. The van der Waals surface area contributed by atoms with Crippen molar-refractivity contribution < 1.29 is 19.1 Å². The van der Waals surface area contributed by atoms with E-state index in [0.29, 0.717) is 29.0 Å². The zero-order chi connectivity index (χ0) is 23.8. The number of aliphatic hydroxyl groups is 1. The molecule has 0 spiro atoms. The lowest BCUT2D eigenvalue weighted by atomic mass is 10.2. The summed E-state index contributed by atoms with van der Waals surface area (Å²) in [5.74, 6) is 0.0591. The highest BCUT2D eigenvalue weighted by molar-refractivity contribution is 6.74. The van der Waals surface area contributed by atoms with Gasteiger partial charge in [0.1, 0.15) is 18.7 Å². The van der Waals surface area contributed by atoms with E-state index in [-0.39, 0.29) is 23.7 Å². The first kappa shape index (κ1) is 23.5. The number of rotatable bonds is 6. The summed E-state index contributed by atoms with van der Waals surface area (Å²) < 4.78 is 14.5. The van der Waals surface area contributed by atoms with Gasteiger partial charge in [0.2, 0.25) is 0 Å². The Morgan fingerprint density at radius 1 is 1.24 bits per heavy atom. The van der Waals surface area contributed by atoms with Crippen LogP contribution in [-0.2, 0) is 9.16 Å². The molecule has 3 aromatic rings. The maximum absolute atomic E-state index is 12.6. The Kier molecular flexibility index (Phi) is 6.36. The molecule has 0 aliphatic carbocycles. The highest BCUT2D eigenvalue weighted by atomic mass is 28.4. The summed E-state index contributed by atoms with van der Waals surface area (Å²) in [7, 11) is -2.04. The van der Waals surface area contributed by atoms with Crippen molar-refractivity contribution in [2.75, 3.05) is 11.9 Å². The van der Waals surface area contributed by atoms with E-state index in [1.54, 1.807) is 30.6 Å². The van der Waals surface area contributed by atoms with Crippen molar-refractivity contribution in [3.63, 3.8) is 0 Å². The number of benzene rings is 1. The van der Waals surface area contributed by atoms with Gasteiger partial charge in [0.25, 0.3) is 5.91 Å². The Labute approximate surface area is 194 Å². The SMILES string of the molecule is CC(C)(C)[Si](C)(C)OC1C[C@H](n2cnc3c(NC(=O)c4ccccc4)ncnc32)O[C@@H]1CO. The number of hydrogen-bond donors (Lipinski definition) is 2. The van der Waals surface area contributed by atoms with E-state index in [9.17, 15) is 9.90 Å². The van der Waals surface area contributed by atoms with E-state index in [4.69, 9.17) is 9.16 Å². The number of aliphatic hydroxyl groups excluding tert-OH is 1. The van der Waals surface area contributed by atoms with Crippen LogP contribution in [0.5, 0.6) is 0 Å². The maximum atomic E-state index is 12.6. The molecule has 2 N–H and O–H groups in total. The molecular weight excluding hydrogens is 438 g/mol. The zero-order valence-corrected chi connectivity index (χ0v) is 20.6. The van der Waals surface area contributed by atoms with Crippen LogP contribution in [0, 0.1) is 0 Å². The van der Waals surface area contributed by atoms with Crippen molar-refractivity contribution in [2.45, 2.75) is 63.8 Å². The van der Waals surface area contributed by atoms with Gasteiger partial charge in [-0.05, 0) is 30.3 Å². The van der Waals surface area contributed by atoms with E-state index in [2.05, 4.69) is 54.1 Å². The van der Waals surface area contributed by atoms with Gasteiger partial charge in [-0.1, -0.05) is 39.0 Å². The molecule has 0 bridgehead atoms. The fourth-order valence-electron chi connectivity index (χ4n) is 3.64. The molecule has 3 heterocycles. The summed E-state index contributed by atoms with van der Waals surface area (Å²) in [6, 6.07) is 8.92. The van der Waals surface area contributed by atoms with Crippen LogP contribution in [0.2, 0.25) is 18.1 Å². The largest absolute Gasteiger partial charge is 0.411 e. The highest BCUT2D eigenvalue weighted by Crippen LogP contribution is 2.41. The third kappa shape index (κ3) is 4.69. The number of ether oxygens (including phenoxy) is 1. The van der Waals surface area contributed by atoms with Crippen LogP contribution in [0.1, 0.15) is 43.8 Å². The van der Waals surface area contributed by atoms with Gasteiger partial charge < -0.3 is 19.6 Å². The van der Waals surface area contributed by atoms with Crippen LogP contribution in [-0.4, -0.2) is 57.7 Å². The molecule has 4 rings (SSSR count). The Hall–Kier alpha value is -2.66. The summed E-state index contributed by atoms with van der Waals surface area (Å²) in [5, 5.41) is 12.8. The monoisotopic (exact) mass is 469 g/mol. The fraction of sp³-hybridized carbons (Fsp3) is 0.478. The predicted molar refractivity (Wildman–Crippen MR) is 127 cm³/mol. The van der Waals surface area contributed by atoms with Crippen LogP contribution in [0.4, 0.5) is 5.82 Å². The minimum absolute atomic E-state index is 0.0475. The average Bonchev–Trinajstić information content (AvgIpc) is 3.37. The van der Waals surface area contributed by atoms with Crippen molar-refractivity contribution in [3.8, 4) is 0 Å². The number of nitrogens with one attached hydrogen (secondary N) is 1. The molecular formula is C23H31N5O4Si. The quantitative estimate of drug-likeness (QED) is 0.529. The Bertz CT molecular complexity index is 1130. The third-order valence-electron chi connectivity index (χ3n) is 6.55. The van der Waals surface area contributed by atoms with Gasteiger partial charge in [0.05, 0.1) is 19.0 Å². The van der Waals surface area contributed by atoms with Gasteiger partial charge in [-0.2, -0.15) is 0 Å². The number of fused-ring (bicyclic) bond motifs is 1. The van der Waals surface area contributed by atoms with E-state index in [0.717, 1.165) is 0 Å². The molecule has 10 heteroatoms. The Morgan fingerprint density at radius 3 is 2.64 bits per heavy atom. The van der Waals surface area contributed by atoms with Crippen molar-refractivity contribution in [3.05, 3.63) is 48.5 Å². The number of nitrogens with zero attached hydrogens (tertiary/aromatic N) is 4. The van der Waals surface area contributed by atoms with Crippen LogP contribution in [0.25, 0.3) is 11.2 Å². The number of amides is 1. The molecule has 3 atom stereocenters. The second-order valence-electron chi connectivity index (χ2n) is 9.83. The summed E-state index contributed by atoms with van der Waals surface area (Å²) in [5.41, 5.74) is 1.54. The van der Waals surface area contributed by atoms with Crippen molar-refractivity contribution in [2.24, 2.45) is 0 Å². The van der Waals surface area contributed by atoms with Crippen molar-refractivity contribution in [1.29, 1.82) is 0 Å². The third-order valence-corrected chi connectivity index (χ3v) is 11.1. The minimum atomic E-state index is -2.04. The van der Waals surface area contributed by atoms with E-state index >= 15 is 0 Å². The molecule has 1 unspecified atom stereocenters. The molecule has 1 fully saturated rings. The molecule has 1 saturated heterocycles. The normalized spacial score (nSPS) is 21.5. The molecule has 1 amide bonds. The second-order valence-corrected chi connectivity index (χ2v) is 14.6. The van der Waals surface area contributed by atoms with Crippen molar-refractivity contribution in [1.82, 2.24) is 19.5 Å². The van der Waals surface area contributed by atoms with E-state index < -0.39 is 20.6 Å². The lowest BCUT2D eigenvalue weighted by Gasteiger charge is -2.39. The average molecular weight is 470 g/mol. The molecule has 9 nitrogen and oxygen atoms in total. The minimum Gasteiger partial charge on any atom is -0.411 e. The number of anilines is 1. The first-order valence-electron chi connectivity index (χ1n) is 11.1. The van der Waals surface area contributed by atoms with Crippen molar-refractivity contribution >= 4 is 31.2 Å². The molecule has 33 heavy (non-hydrogen) atoms.